The summed E-state index contributed by atoms with van der Waals surface area (Å²) in [5.74, 6) is 0.657. The van der Waals surface area contributed by atoms with Gasteiger partial charge < -0.3 is 4.90 Å². The van der Waals surface area contributed by atoms with E-state index in [9.17, 15) is 0 Å². The first-order chi connectivity index (χ1) is 6.70. The molecule has 1 aliphatic heterocycles. The first-order valence-electron chi connectivity index (χ1n) is 5.84. The molecule has 0 saturated carbocycles. The number of unbranched alkanes of at least 4 members (excludes halogenated alkanes) is 2. The first-order valence-corrected chi connectivity index (χ1v) is 5.84. The molecule has 0 aliphatic carbocycles. The Balaban J connectivity index is 2.44. The molecule has 0 radical (unpaired) electrons. The van der Waals surface area contributed by atoms with Gasteiger partial charge in [0.15, 0.2) is 0 Å². The van der Waals surface area contributed by atoms with E-state index in [4.69, 9.17) is 0 Å². The second-order valence-corrected chi connectivity index (χ2v) is 4.23. The molecule has 1 fully saturated rings. The minimum Gasteiger partial charge on any atom is -0.349 e. The maximum atomic E-state index is 4.18. The zero-order valence-electron chi connectivity index (χ0n) is 9.68. The maximum absolute atomic E-state index is 4.18. The Hall–Kier alpha value is -0.720. The zero-order chi connectivity index (χ0) is 10.6. The first kappa shape index (κ1) is 11.4. The number of hydrogen-bond acceptors (Lipinski definition) is 1. The third-order valence-corrected chi connectivity index (χ3v) is 3.16. The van der Waals surface area contributed by atoms with E-state index in [1.165, 1.54) is 37.1 Å². The van der Waals surface area contributed by atoms with Crippen LogP contribution < -0.4 is 0 Å². The van der Waals surface area contributed by atoms with Gasteiger partial charge >= 0.3 is 0 Å². The molecular weight excluding hydrogens is 170 g/mol. The van der Waals surface area contributed by atoms with Crippen molar-refractivity contribution in [1.82, 2.24) is 4.90 Å². The van der Waals surface area contributed by atoms with E-state index in [1.54, 1.807) is 0 Å². The van der Waals surface area contributed by atoms with Crippen molar-refractivity contribution >= 4 is 0 Å². The van der Waals surface area contributed by atoms with Gasteiger partial charge in [0.25, 0.3) is 0 Å². The van der Waals surface area contributed by atoms with E-state index < -0.39 is 0 Å². The summed E-state index contributed by atoms with van der Waals surface area (Å²) in [6, 6.07) is 0. The van der Waals surface area contributed by atoms with Crippen molar-refractivity contribution in [2.75, 3.05) is 6.54 Å². The quantitative estimate of drug-likeness (QED) is 0.598. The molecule has 1 aliphatic rings. The summed E-state index contributed by atoms with van der Waals surface area (Å²) in [5.41, 5.74) is 2.58. The molecule has 0 aromatic carbocycles. The summed E-state index contributed by atoms with van der Waals surface area (Å²) in [4.78, 5) is 2.34. The second kappa shape index (κ2) is 5.23. The Morgan fingerprint density at radius 2 is 2.00 bits per heavy atom. The van der Waals surface area contributed by atoms with Crippen LogP contribution in [0.1, 0.15) is 46.0 Å². The molecule has 0 N–H and O–H groups in total. The van der Waals surface area contributed by atoms with E-state index in [0.29, 0.717) is 5.92 Å². The molecule has 14 heavy (non-hydrogen) atoms. The molecule has 0 bridgehead atoms. The highest BCUT2D eigenvalue weighted by Gasteiger charge is 2.27. The molecule has 0 spiro atoms. The number of allylic oxidation sites excluding steroid dienone is 2. The maximum Gasteiger partial charge on any atom is 0.0224 e. The van der Waals surface area contributed by atoms with Crippen LogP contribution in [0.15, 0.2) is 24.6 Å². The van der Waals surface area contributed by atoms with Gasteiger partial charge in [-0.1, -0.05) is 39.8 Å². The average molecular weight is 193 g/mol. The van der Waals surface area contributed by atoms with Crippen molar-refractivity contribution in [2.24, 2.45) is 5.92 Å². The fourth-order valence-corrected chi connectivity index (χ4v) is 2.14. The van der Waals surface area contributed by atoms with Crippen LogP contribution in [0.3, 0.4) is 0 Å². The van der Waals surface area contributed by atoms with Gasteiger partial charge in [-0.25, -0.2) is 0 Å². The van der Waals surface area contributed by atoms with Crippen molar-refractivity contribution < 1.29 is 0 Å². The molecule has 1 unspecified atom stereocenters. The molecule has 1 rings (SSSR count). The molecule has 1 heterocycles. The highest BCUT2D eigenvalue weighted by atomic mass is 15.2. The highest BCUT2D eigenvalue weighted by molar-refractivity contribution is 5.19. The monoisotopic (exact) mass is 193 g/mol. The number of nitrogens with zero attached hydrogens (tertiary/aromatic N) is 1. The number of rotatable bonds is 5. The summed E-state index contributed by atoms with van der Waals surface area (Å²) in [6.45, 7) is 13.9. The van der Waals surface area contributed by atoms with Gasteiger partial charge in [-0.05, 0) is 19.3 Å². The Morgan fingerprint density at radius 1 is 1.29 bits per heavy atom. The number of likely N-dealkylation sites (tertiary alicyclic amines) is 1. The SMILES string of the molecule is C=C1CC(CC)C(=C)N1CCCCC. The minimum absolute atomic E-state index is 0.657. The van der Waals surface area contributed by atoms with E-state index in [0.717, 1.165) is 13.0 Å². The minimum atomic E-state index is 0.657. The average Bonchev–Trinajstić information content (AvgIpc) is 2.45. The van der Waals surface area contributed by atoms with E-state index in [2.05, 4.69) is 31.9 Å². The predicted octanol–water partition coefficient (Wildman–Crippen LogP) is 3.94. The smallest absolute Gasteiger partial charge is 0.0224 e. The molecule has 1 saturated heterocycles. The summed E-state index contributed by atoms with van der Waals surface area (Å²) >= 11 is 0. The summed E-state index contributed by atoms with van der Waals surface area (Å²) in [7, 11) is 0. The van der Waals surface area contributed by atoms with Crippen LogP contribution in [0.5, 0.6) is 0 Å². The van der Waals surface area contributed by atoms with Gasteiger partial charge in [0.05, 0.1) is 0 Å². The van der Waals surface area contributed by atoms with E-state index in [-0.39, 0.29) is 0 Å². The van der Waals surface area contributed by atoms with Crippen LogP contribution in [0, 0.1) is 5.92 Å². The van der Waals surface area contributed by atoms with Crippen LogP contribution in [0.2, 0.25) is 0 Å². The summed E-state index contributed by atoms with van der Waals surface area (Å²) in [6.07, 6.45) is 6.19. The molecule has 1 nitrogen and oxygen atoms in total. The Morgan fingerprint density at radius 3 is 2.50 bits per heavy atom. The summed E-state index contributed by atoms with van der Waals surface area (Å²) in [5, 5.41) is 0. The van der Waals surface area contributed by atoms with Gasteiger partial charge in [-0.2, -0.15) is 0 Å². The Labute approximate surface area is 88.5 Å². The fraction of sp³-hybridized carbons (Fsp3) is 0.692. The molecule has 0 aromatic rings. The Bertz CT molecular complexity index is 217. The number of hydrogen-bond donors (Lipinski definition) is 0. The predicted molar refractivity (Wildman–Crippen MR) is 62.9 cm³/mol. The topological polar surface area (TPSA) is 3.24 Å². The van der Waals surface area contributed by atoms with Crippen LogP contribution in [0.25, 0.3) is 0 Å². The standard InChI is InChI=1S/C13H23N/c1-5-7-8-9-14-11(3)10-13(6-2)12(14)4/h13H,3-10H2,1-2H3. The summed E-state index contributed by atoms with van der Waals surface area (Å²) < 4.78 is 0. The molecule has 1 atom stereocenters. The normalized spacial score (nSPS) is 22.1. The molecular formula is C13H23N. The molecule has 0 amide bonds. The lowest BCUT2D eigenvalue weighted by atomic mass is 10.0. The van der Waals surface area contributed by atoms with Crippen LogP contribution in [-0.4, -0.2) is 11.4 Å². The molecule has 0 aromatic heterocycles. The van der Waals surface area contributed by atoms with Gasteiger partial charge in [-0.15, -0.1) is 0 Å². The lowest BCUT2D eigenvalue weighted by Crippen LogP contribution is -2.17. The van der Waals surface area contributed by atoms with Crippen molar-refractivity contribution in [3.63, 3.8) is 0 Å². The second-order valence-electron chi connectivity index (χ2n) is 4.23. The van der Waals surface area contributed by atoms with Crippen molar-refractivity contribution in [3.05, 3.63) is 24.6 Å². The van der Waals surface area contributed by atoms with Crippen LogP contribution in [-0.2, 0) is 0 Å². The fourth-order valence-electron chi connectivity index (χ4n) is 2.14. The van der Waals surface area contributed by atoms with Gasteiger partial charge in [-0.3, -0.25) is 0 Å². The van der Waals surface area contributed by atoms with Crippen molar-refractivity contribution in [2.45, 2.75) is 46.0 Å². The van der Waals surface area contributed by atoms with Crippen molar-refractivity contribution in [3.8, 4) is 0 Å². The lowest BCUT2D eigenvalue weighted by Gasteiger charge is -2.21. The largest absolute Gasteiger partial charge is 0.349 e. The van der Waals surface area contributed by atoms with Gasteiger partial charge in [0.1, 0.15) is 0 Å². The zero-order valence-corrected chi connectivity index (χ0v) is 9.68. The molecule has 80 valence electrons. The highest BCUT2D eigenvalue weighted by Crippen LogP contribution is 2.35. The van der Waals surface area contributed by atoms with Crippen LogP contribution in [0.4, 0.5) is 0 Å². The Kier molecular flexibility index (Phi) is 4.24. The third kappa shape index (κ3) is 2.40. The lowest BCUT2D eigenvalue weighted by molar-refractivity contribution is 0.424. The van der Waals surface area contributed by atoms with Gasteiger partial charge in [0.2, 0.25) is 0 Å². The van der Waals surface area contributed by atoms with Crippen LogP contribution >= 0.6 is 0 Å². The third-order valence-electron chi connectivity index (χ3n) is 3.16. The van der Waals surface area contributed by atoms with E-state index in [1.807, 2.05) is 0 Å². The van der Waals surface area contributed by atoms with Crippen molar-refractivity contribution in [1.29, 1.82) is 0 Å². The molecule has 1 heteroatoms. The van der Waals surface area contributed by atoms with Gasteiger partial charge in [0, 0.05) is 23.9 Å². The van der Waals surface area contributed by atoms with E-state index >= 15 is 0 Å².